The molecule has 2 aromatic carbocycles. The zero-order valence-electron chi connectivity index (χ0n) is 11.4. The highest BCUT2D eigenvalue weighted by Crippen LogP contribution is 2.27. The lowest BCUT2D eigenvalue weighted by Gasteiger charge is -2.20. The van der Waals surface area contributed by atoms with E-state index in [0.717, 1.165) is 6.42 Å². The van der Waals surface area contributed by atoms with Crippen LogP contribution in [0.2, 0.25) is 0 Å². The zero-order valence-corrected chi connectivity index (χ0v) is 13.8. The SMILES string of the molecule is CCc1ccc(N(C)S(=O)(=O)c2ccccc2Br)cc1. The molecule has 0 fully saturated rings. The molecule has 20 heavy (non-hydrogen) atoms. The Bertz CT molecular complexity index is 696. The third-order valence-electron chi connectivity index (χ3n) is 3.18. The molecule has 5 heteroatoms. The van der Waals surface area contributed by atoms with Crippen molar-refractivity contribution >= 4 is 31.6 Å². The number of nitrogens with zero attached hydrogens (tertiary/aromatic N) is 1. The van der Waals surface area contributed by atoms with E-state index in [-0.39, 0.29) is 4.90 Å². The molecule has 0 atom stereocenters. The topological polar surface area (TPSA) is 37.4 Å². The third kappa shape index (κ3) is 2.88. The molecular formula is C15H16BrNO2S. The minimum Gasteiger partial charge on any atom is -0.269 e. The zero-order chi connectivity index (χ0) is 14.8. The van der Waals surface area contributed by atoms with Crippen LogP contribution in [0.1, 0.15) is 12.5 Å². The minimum atomic E-state index is -3.56. The molecule has 0 N–H and O–H groups in total. The smallest absolute Gasteiger partial charge is 0.265 e. The van der Waals surface area contributed by atoms with E-state index in [4.69, 9.17) is 0 Å². The van der Waals surface area contributed by atoms with Gasteiger partial charge in [0.1, 0.15) is 4.90 Å². The van der Waals surface area contributed by atoms with Gasteiger partial charge in [-0.3, -0.25) is 4.31 Å². The maximum Gasteiger partial charge on any atom is 0.265 e. The molecule has 0 aliphatic heterocycles. The van der Waals surface area contributed by atoms with Gasteiger partial charge in [0.05, 0.1) is 5.69 Å². The molecule has 0 heterocycles. The second-order valence-corrected chi connectivity index (χ2v) is 7.21. The molecule has 0 saturated heterocycles. The lowest BCUT2D eigenvalue weighted by molar-refractivity contribution is 0.594. The van der Waals surface area contributed by atoms with E-state index >= 15 is 0 Å². The number of halogens is 1. The van der Waals surface area contributed by atoms with Crippen molar-refractivity contribution in [2.45, 2.75) is 18.2 Å². The Morgan fingerprint density at radius 2 is 1.65 bits per heavy atom. The molecular weight excluding hydrogens is 338 g/mol. The van der Waals surface area contributed by atoms with Crippen LogP contribution in [0.3, 0.4) is 0 Å². The Balaban J connectivity index is 2.41. The van der Waals surface area contributed by atoms with Gasteiger partial charge in [0.15, 0.2) is 0 Å². The molecule has 0 unspecified atom stereocenters. The number of hydrogen-bond donors (Lipinski definition) is 0. The van der Waals surface area contributed by atoms with E-state index < -0.39 is 10.0 Å². The molecule has 106 valence electrons. The van der Waals surface area contributed by atoms with Crippen LogP contribution < -0.4 is 4.31 Å². The lowest BCUT2D eigenvalue weighted by Crippen LogP contribution is -2.26. The third-order valence-corrected chi connectivity index (χ3v) is 5.98. The summed E-state index contributed by atoms with van der Waals surface area (Å²) in [6.07, 6.45) is 0.932. The van der Waals surface area contributed by atoms with Gasteiger partial charge < -0.3 is 0 Å². The van der Waals surface area contributed by atoms with E-state index in [1.165, 1.54) is 9.87 Å². The highest BCUT2D eigenvalue weighted by atomic mass is 79.9. The first-order valence-corrected chi connectivity index (χ1v) is 8.52. The Morgan fingerprint density at radius 3 is 2.20 bits per heavy atom. The summed E-state index contributed by atoms with van der Waals surface area (Å²) < 4.78 is 27.1. The first kappa shape index (κ1) is 15.1. The van der Waals surface area contributed by atoms with E-state index in [9.17, 15) is 8.42 Å². The van der Waals surface area contributed by atoms with Gasteiger partial charge in [0.2, 0.25) is 0 Å². The summed E-state index contributed by atoms with van der Waals surface area (Å²) in [7, 11) is -1.99. The summed E-state index contributed by atoms with van der Waals surface area (Å²) >= 11 is 3.29. The summed E-state index contributed by atoms with van der Waals surface area (Å²) in [4.78, 5) is 0.266. The lowest BCUT2D eigenvalue weighted by atomic mass is 10.1. The Labute approximate surface area is 128 Å². The fourth-order valence-electron chi connectivity index (χ4n) is 1.88. The van der Waals surface area contributed by atoms with Gasteiger partial charge in [-0.1, -0.05) is 31.2 Å². The normalized spacial score (nSPS) is 11.3. The van der Waals surface area contributed by atoms with Crippen LogP contribution in [0.4, 0.5) is 5.69 Å². The monoisotopic (exact) mass is 353 g/mol. The largest absolute Gasteiger partial charge is 0.269 e. The maximum atomic E-state index is 12.6. The fourth-order valence-corrected chi connectivity index (χ4v) is 4.04. The molecule has 0 aliphatic rings. The molecule has 0 bridgehead atoms. The number of hydrogen-bond acceptors (Lipinski definition) is 2. The summed E-state index contributed by atoms with van der Waals surface area (Å²) in [5.41, 5.74) is 1.83. The van der Waals surface area contributed by atoms with Crippen molar-refractivity contribution in [3.63, 3.8) is 0 Å². The maximum absolute atomic E-state index is 12.6. The van der Waals surface area contributed by atoms with Crippen molar-refractivity contribution < 1.29 is 8.42 Å². The van der Waals surface area contributed by atoms with E-state index in [1.807, 2.05) is 24.3 Å². The first-order chi connectivity index (χ1) is 9.46. The summed E-state index contributed by atoms with van der Waals surface area (Å²) in [6, 6.07) is 14.4. The summed E-state index contributed by atoms with van der Waals surface area (Å²) in [5.74, 6) is 0. The predicted octanol–water partition coefficient (Wildman–Crippen LogP) is 3.84. The van der Waals surface area contributed by atoms with E-state index in [1.54, 1.807) is 31.3 Å². The fraction of sp³-hybridized carbons (Fsp3) is 0.200. The van der Waals surface area contributed by atoms with Crippen molar-refractivity contribution in [2.24, 2.45) is 0 Å². The number of sulfonamides is 1. The average Bonchev–Trinajstić information content (AvgIpc) is 2.47. The van der Waals surface area contributed by atoms with Crippen molar-refractivity contribution in [3.8, 4) is 0 Å². The van der Waals surface area contributed by atoms with E-state index in [2.05, 4.69) is 22.9 Å². The highest BCUT2D eigenvalue weighted by Gasteiger charge is 2.23. The molecule has 0 spiro atoms. The van der Waals surface area contributed by atoms with Crippen molar-refractivity contribution in [1.29, 1.82) is 0 Å². The van der Waals surface area contributed by atoms with Gasteiger partial charge in [-0.15, -0.1) is 0 Å². The van der Waals surface area contributed by atoms with Crippen LogP contribution in [0.25, 0.3) is 0 Å². The average molecular weight is 354 g/mol. The second-order valence-electron chi connectivity index (χ2n) is 4.42. The van der Waals surface area contributed by atoms with Gasteiger partial charge >= 0.3 is 0 Å². The Kier molecular flexibility index (Phi) is 4.50. The first-order valence-electron chi connectivity index (χ1n) is 6.29. The molecule has 0 aliphatic carbocycles. The van der Waals surface area contributed by atoms with E-state index in [0.29, 0.717) is 10.2 Å². The van der Waals surface area contributed by atoms with Crippen molar-refractivity contribution in [3.05, 3.63) is 58.6 Å². The molecule has 0 saturated carbocycles. The Hall–Kier alpha value is -1.33. The van der Waals surface area contributed by atoms with Crippen LogP contribution in [-0.2, 0) is 16.4 Å². The number of anilines is 1. The second kappa shape index (κ2) is 5.97. The van der Waals surface area contributed by atoms with Crippen LogP contribution in [0, 0.1) is 0 Å². The molecule has 0 amide bonds. The quantitative estimate of drug-likeness (QED) is 0.837. The minimum absolute atomic E-state index is 0.266. The van der Waals surface area contributed by atoms with Crippen LogP contribution in [-0.4, -0.2) is 15.5 Å². The van der Waals surface area contributed by atoms with Gasteiger partial charge in [-0.05, 0) is 52.2 Å². The molecule has 2 aromatic rings. The molecule has 3 nitrogen and oxygen atoms in total. The molecule has 0 aromatic heterocycles. The van der Waals surface area contributed by atoms with Gasteiger partial charge in [0, 0.05) is 11.5 Å². The van der Waals surface area contributed by atoms with Crippen LogP contribution in [0.15, 0.2) is 57.9 Å². The van der Waals surface area contributed by atoms with Crippen LogP contribution >= 0.6 is 15.9 Å². The van der Waals surface area contributed by atoms with Crippen LogP contribution in [0.5, 0.6) is 0 Å². The number of aryl methyl sites for hydroxylation is 1. The highest BCUT2D eigenvalue weighted by molar-refractivity contribution is 9.10. The number of benzene rings is 2. The molecule has 0 radical (unpaired) electrons. The van der Waals surface area contributed by atoms with Gasteiger partial charge in [0.25, 0.3) is 10.0 Å². The summed E-state index contributed by atoms with van der Waals surface area (Å²) in [6.45, 7) is 2.07. The standard InChI is InChI=1S/C15H16BrNO2S/c1-3-12-8-10-13(11-9-12)17(2)20(18,19)15-7-5-4-6-14(15)16/h4-11H,3H2,1-2H3. The predicted molar refractivity (Wildman–Crippen MR) is 85.6 cm³/mol. The number of rotatable bonds is 4. The Morgan fingerprint density at radius 1 is 1.05 bits per heavy atom. The van der Waals surface area contributed by atoms with Gasteiger partial charge in [-0.2, -0.15) is 0 Å². The summed E-state index contributed by atoms with van der Waals surface area (Å²) in [5, 5.41) is 0. The molecule has 2 rings (SSSR count). The van der Waals surface area contributed by atoms with Crippen molar-refractivity contribution in [1.82, 2.24) is 0 Å². The van der Waals surface area contributed by atoms with Crippen molar-refractivity contribution in [2.75, 3.05) is 11.4 Å². The van der Waals surface area contributed by atoms with Gasteiger partial charge in [-0.25, -0.2) is 8.42 Å².